The molecule has 0 unspecified atom stereocenters. The van der Waals surface area contributed by atoms with Gasteiger partial charge in [-0.25, -0.2) is 4.39 Å². The predicted molar refractivity (Wildman–Crippen MR) is 163 cm³/mol. The van der Waals surface area contributed by atoms with Crippen LogP contribution in [0.4, 0.5) is 15.8 Å². The van der Waals surface area contributed by atoms with Crippen LogP contribution in [0.15, 0.2) is 79.1 Å². The van der Waals surface area contributed by atoms with E-state index >= 15 is 4.39 Å². The van der Waals surface area contributed by atoms with Crippen LogP contribution in [0.5, 0.6) is 5.75 Å². The molecule has 6 rings (SSSR count). The standard InChI is InChI=1S/C34H31FN4O3/c1-20-24(22-15-28(35)27(32(16-22)42-3)19-39-17-23(18-39)34(40)41)7-4-8-25(20)26-9-5-10-29(21(26)2)38-31-12-6-11-30-33(31)37-14-13-36-30/h4-16,23,38H,17-19H2,1-3H3,(H,40,41). The highest BCUT2D eigenvalue weighted by atomic mass is 19.1. The summed E-state index contributed by atoms with van der Waals surface area (Å²) in [6.07, 6.45) is 3.38. The van der Waals surface area contributed by atoms with Gasteiger partial charge in [-0.2, -0.15) is 0 Å². The Bertz CT molecular complexity index is 1810. The second-order valence-corrected chi connectivity index (χ2v) is 10.7. The number of methoxy groups -OCH3 is 1. The quantitative estimate of drug-likeness (QED) is 0.211. The number of anilines is 2. The molecule has 42 heavy (non-hydrogen) atoms. The first-order chi connectivity index (χ1) is 20.3. The first kappa shape index (κ1) is 27.4. The lowest BCUT2D eigenvalue weighted by Crippen LogP contribution is -2.49. The third kappa shape index (κ3) is 5.05. The molecule has 0 amide bonds. The van der Waals surface area contributed by atoms with Crippen molar-refractivity contribution >= 4 is 28.4 Å². The van der Waals surface area contributed by atoms with Crippen molar-refractivity contribution in [3.05, 3.63) is 102 Å². The average molecular weight is 563 g/mol. The first-order valence-corrected chi connectivity index (χ1v) is 13.8. The average Bonchev–Trinajstić information content (AvgIpc) is 2.96. The highest BCUT2D eigenvalue weighted by molar-refractivity contribution is 5.91. The normalized spacial score (nSPS) is 13.6. The zero-order chi connectivity index (χ0) is 29.4. The van der Waals surface area contributed by atoms with E-state index in [1.807, 2.05) is 53.4 Å². The highest BCUT2D eigenvalue weighted by Gasteiger charge is 2.33. The van der Waals surface area contributed by atoms with E-state index in [1.165, 1.54) is 7.11 Å². The van der Waals surface area contributed by atoms with Gasteiger partial charge in [-0.3, -0.25) is 19.7 Å². The summed E-state index contributed by atoms with van der Waals surface area (Å²) in [6.45, 7) is 5.25. The van der Waals surface area contributed by atoms with Gasteiger partial charge >= 0.3 is 5.97 Å². The maximum absolute atomic E-state index is 15.5. The van der Waals surface area contributed by atoms with Crippen LogP contribution in [-0.4, -0.2) is 46.1 Å². The number of rotatable bonds is 8. The molecule has 1 aliphatic heterocycles. The second kappa shape index (κ2) is 11.2. The van der Waals surface area contributed by atoms with Crippen LogP contribution >= 0.6 is 0 Å². The van der Waals surface area contributed by atoms with Gasteiger partial charge in [-0.1, -0.05) is 36.4 Å². The van der Waals surface area contributed by atoms with Gasteiger partial charge in [0.1, 0.15) is 17.1 Å². The molecule has 0 radical (unpaired) electrons. The topological polar surface area (TPSA) is 87.6 Å². The number of hydrogen-bond acceptors (Lipinski definition) is 6. The largest absolute Gasteiger partial charge is 0.496 e. The van der Waals surface area contributed by atoms with Crippen LogP contribution in [0.2, 0.25) is 0 Å². The van der Waals surface area contributed by atoms with Crippen molar-refractivity contribution in [3.8, 4) is 28.0 Å². The number of carbonyl (C=O) groups is 1. The number of halogens is 1. The highest BCUT2D eigenvalue weighted by Crippen LogP contribution is 2.39. The predicted octanol–water partition coefficient (Wildman–Crippen LogP) is 6.99. The number of hydrogen-bond donors (Lipinski definition) is 2. The summed E-state index contributed by atoms with van der Waals surface area (Å²) in [4.78, 5) is 22.0. The van der Waals surface area contributed by atoms with Gasteiger partial charge in [0.15, 0.2) is 0 Å². The van der Waals surface area contributed by atoms with Crippen LogP contribution in [0.25, 0.3) is 33.3 Å². The van der Waals surface area contributed by atoms with Crippen LogP contribution in [0, 0.1) is 25.6 Å². The number of aromatic nitrogens is 2. The Morgan fingerprint density at radius 2 is 1.62 bits per heavy atom. The van der Waals surface area contributed by atoms with Gasteiger partial charge in [0, 0.05) is 43.3 Å². The molecule has 0 saturated carbocycles. The van der Waals surface area contributed by atoms with Crippen molar-refractivity contribution < 1.29 is 19.0 Å². The van der Waals surface area contributed by atoms with E-state index < -0.39 is 11.9 Å². The van der Waals surface area contributed by atoms with Crippen LogP contribution in [0.3, 0.4) is 0 Å². The molecule has 2 heterocycles. The number of benzene rings is 4. The molecule has 1 aliphatic rings. The molecule has 0 aliphatic carbocycles. The number of nitrogens with one attached hydrogen (secondary N) is 1. The van der Waals surface area contributed by atoms with E-state index in [0.29, 0.717) is 30.9 Å². The van der Waals surface area contributed by atoms with Gasteiger partial charge in [-0.15, -0.1) is 0 Å². The number of likely N-dealkylation sites (tertiary alicyclic amines) is 1. The summed E-state index contributed by atoms with van der Waals surface area (Å²) < 4.78 is 21.1. The summed E-state index contributed by atoms with van der Waals surface area (Å²) in [5, 5.41) is 12.7. The fourth-order valence-corrected chi connectivity index (χ4v) is 5.72. The smallest absolute Gasteiger partial charge is 0.309 e. The zero-order valence-electron chi connectivity index (χ0n) is 23.7. The Hall–Kier alpha value is -4.82. The fourth-order valence-electron chi connectivity index (χ4n) is 5.72. The molecule has 1 aromatic heterocycles. The Kier molecular flexibility index (Phi) is 7.31. The van der Waals surface area contributed by atoms with Crippen molar-refractivity contribution in [2.45, 2.75) is 20.4 Å². The minimum atomic E-state index is -0.816. The third-order valence-corrected chi connectivity index (χ3v) is 8.10. The Morgan fingerprint density at radius 3 is 2.38 bits per heavy atom. The molecule has 0 bridgehead atoms. The minimum absolute atomic E-state index is 0.305. The molecular weight excluding hydrogens is 531 g/mol. The third-order valence-electron chi connectivity index (χ3n) is 8.10. The summed E-state index contributed by atoms with van der Waals surface area (Å²) in [6, 6.07) is 21.5. The van der Waals surface area contributed by atoms with Gasteiger partial charge in [0.2, 0.25) is 0 Å². The van der Waals surface area contributed by atoms with Crippen molar-refractivity contribution in [1.82, 2.24) is 14.9 Å². The molecule has 8 heteroatoms. The molecule has 2 N–H and O–H groups in total. The Morgan fingerprint density at radius 1 is 0.952 bits per heavy atom. The summed E-state index contributed by atoms with van der Waals surface area (Å²) in [7, 11) is 1.53. The lowest BCUT2D eigenvalue weighted by molar-refractivity contribution is -0.147. The minimum Gasteiger partial charge on any atom is -0.496 e. The van der Waals surface area contributed by atoms with Crippen LogP contribution in [-0.2, 0) is 11.3 Å². The number of carboxylic acids is 1. The lowest BCUT2D eigenvalue weighted by atomic mass is 9.90. The number of fused-ring (bicyclic) bond motifs is 1. The molecule has 0 atom stereocenters. The van der Waals surface area contributed by atoms with E-state index in [9.17, 15) is 4.79 Å². The Labute approximate surface area is 243 Å². The molecule has 7 nitrogen and oxygen atoms in total. The Balaban J connectivity index is 1.32. The van der Waals surface area contributed by atoms with Crippen molar-refractivity contribution in [1.29, 1.82) is 0 Å². The molecule has 0 spiro atoms. The molecule has 1 saturated heterocycles. The van der Waals surface area contributed by atoms with Crippen molar-refractivity contribution in [3.63, 3.8) is 0 Å². The van der Waals surface area contributed by atoms with E-state index in [4.69, 9.17) is 9.84 Å². The number of carboxylic acid groups (broad SMARTS) is 1. The summed E-state index contributed by atoms with van der Waals surface area (Å²) in [5.41, 5.74) is 9.76. The van der Waals surface area contributed by atoms with Crippen LogP contribution < -0.4 is 10.1 Å². The van der Waals surface area contributed by atoms with Gasteiger partial charge < -0.3 is 15.2 Å². The van der Waals surface area contributed by atoms with E-state index in [2.05, 4.69) is 41.3 Å². The summed E-state index contributed by atoms with van der Waals surface area (Å²) >= 11 is 0. The van der Waals surface area contributed by atoms with Gasteiger partial charge in [0.05, 0.1) is 24.2 Å². The van der Waals surface area contributed by atoms with E-state index in [0.717, 1.165) is 55.8 Å². The lowest BCUT2D eigenvalue weighted by Gasteiger charge is -2.36. The molecule has 212 valence electrons. The first-order valence-electron chi connectivity index (χ1n) is 13.8. The molecule has 4 aromatic carbocycles. The summed E-state index contributed by atoms with van der Waals surface area (Å²) in [5.74, 6) is -1.13. The maximum atomic E-state index is 15.5. The van der Waals surface area contributed by atoms with Gasteiger partial charge in [0.25, 0.3) is 0 Å². The maximum Gasteiger partial charge on any atom is 0.309 e. The number of nitrogens with zero attached hydrogens (tertiary/aromatic N) is 3. The zero-order valence-corrected chi connectivity index (χ0v) is 23.7. The molecule has 1 fully saturated rings. The molecular formula is C34H31FN4O3. The SMILES string of the molecule is COc1cc(-c2cccc(-c3cccc(Nc4cccc5nccnc45)c3C)c2C)cc(F)c1CN1CC(C(=O)O)C1. The number of para-hydroxylation sites is 1. The van der Waals surface area contributed by atoms with Gasteiger partial charge in [-0.05, 0) is 77.6 Å². The van der Waals surface area contributed by atoms with Crippen LogP contribution in [0.1, 0.15) is 16.7 Å². The number of ether oxygens (including phenoxy) is 1. The fraction of sp³-hybridized carbons (Fsp3) is 0.206. The molecule has 5 aromatic rings. The second-order valence-electron chi connectivity index (χ2n) is 10.7. The van der Waals surface area contributed by atoms with E-state index in [-0.39, 0.29) is 5.82 Å². The van der Waals surface area contributed by atoms with Crippen molar-refractivity contribution in [2.75, 3.05) is 25.5 Å². The van der Waals surface area contributed by atoms with E-state index in [1.54, 1.807) is 18.5 Å². The number of aliphatic carboxylic acids is 1. The van der Waals surface area contributed by atoms with Crippen molar-refractivity contribution in [2.24, 2.45) is 5.92 Å². The monoisotopic (exact) mass is 562 g/mol.